The quantitative estimate of drug-likeness (QED) is 0.362. The van der Waals surface area contributed by atoms with Crippen LogP contribution in [-0.4, -0.2) is 28.9 Å². The van der Waals surface area contributed by atoms with Gasteiger partial charge in [0.15, 0.2) is 0 Å². The molecular weight excluding hydrogens is 409 g/mol. The van der Waals surface area contributed by atoms with E-state index in [0.29, 0.717) is 5.56 Å². The number of hydrogen-bond acceptors (Lipinski definition) is 5. The van der Waals surface area contributed by atoms with Crippen LogP contribution in [0.2, 0.25) is 0 Å². The van der Waals surface area contributed by atoms with Crippen molar-refractivity contribution >= 4 is 23.4 Å². The summed E-state index contributed by atoms with van der Waals surface area (Å²) >= 11 is 1.28. The second-order valence-electron chi connectivity index (χ2n) is 6.15. The molecule has 2 aromatic rings. The number of nitro groups is 1. The van der Waals surface area contributed by atoms with Crippen LogP contribution >= 0.6 is 11.8 Å². The van der Waals surface area contributed by atoms with Gasteiger partial charge in [-0.1, -0.05) is 24.3 Å². The number of ether oxygens (including phenoxy) is 1. The maximum atomic E-state index is 12.2. The van der Waals surface area contributed by atoms with Crippen LogP contribution in [0, 0.1) is 10.1 Å². The van der Waals surface area contributed by atoms with E-state index < -0.39 is 23.0 Å². The highest BCUT2D eigenvalue weighted by Gasteiger charge is 2.27. The first-order valence-electron chi connectivity index (χ1n) is 8.55. The summed E-state index contributed by atoms with van der Waals surface area (Å²) in [6, 6.07) is 12.7. The molecule has 0 heterocycles. The van der Waals surface area contributed by atoms with Crippen LogP contribution in [0.15, 0.2) is 53.4 Å². The Hall–Kier alpha value is -2.59. The van der Waals surface area contributed by atoms with Crippen LogP contribution in [0.5, 0.6) is 0 Å². The van der Waals surface area contributed by atoms with Gasteiger partial charge in [-0.25, -0.2) is 0 Å². The van der Waals surface area contributed by atoms with Crippen molar-refractivity contribution in [3.8, 4) is 0 Å². The van der Waals surface area contributed by atoms with E-state index in [2.05, 4.69) is 10.1 Å². The first kappa shape index (κ1) is 22.7. The van der Waals surface area contributed by atoms with Crippen molar-refractivity contribution in [2.75, 3.05) is 6.61 Å². The lowest BCUT2D eigenvalue weighted by molar-refractivity contribution is -0.384. The predicted molar refractivity (Wildman–Crippen MR) is 102 cm³/mol. The fourth-order valence-corrected chi connectivity index (χ4v) is 3.17. The second kappa shape index (κ2) is 10.3. The molecule has 0 saturated heterocycles. The highest BCUT2D eigenvalue weighted by Crippen LogP contribution is 2.25. The third-order valence-electron chi connectivity index (χ3n) is 3.75. The average Bonchev–Trinajstić information content (AvgIpc) is 2.66. The Balaban J connectivity index is 1.78. The average molecular weight is 428 g/mol. The van der Waals surface area contributed by atoms with Crippen molar-refractivity contribution in [1.29, 1.82) is 0 Å². The number of benzene rings is 2. The van der Waals surface area contributed by atoms with E-state index >= 15 is 0 Å². The van der Waals surface area contributed by atoms with E-state index in [9.17, 15) is 28.1 Å². The molecule has 0 aliphatic carbocycles. The van der Waals surface area contributed by atoms with E-state index in [1.165, 1.54) is 23.9 Å². The number of amides is 1. The van der Waals surface area contributed by atoms with Gasteiger partial charge in [0.25, 0.3) is 5.69 Å². The molecule has 0 spiro atoms. The van der Waals surface area contributed by atoms with Gasteiger partial charge >= 0.3 is 6.18 Å². The smallest absolute Gasteiger partial charge is 0.367 e. The number of nitro benzene ring substituents is 1. The molecule has 156 valence electrons. The van der Waals surface area contributed by atoms with Gasteiger partial charge < -0.3 is 10.1 Å². The zero-order valence-electron chi connectivity index (χ0n) is 15.4. The number of halogens is 3. The highest BCUT2D eigenvalue weighted by atomic mass is 32.2. The van der Waals surface area contributed by atoms with Gasteiger partial charge in [0.1, 0.15) is 6.61 Å². The molecule has 10 heteroatoms. The normalized spacial score (nSPS) is 12.4. The van der Waals surface area contributed by atoms with Crippen LogP contribution in [0.4, 0.5) is 18.9 Å². The third-order valence-corrected chi connectivity index (χ3v) is 4.87. The first-order chi connectivity index (χ1) is 13.6. The van der Waals surface area contributed by atoms with Gasteiger partial charge in [0.2, 0.25) is 5.91 Å². The Morgan fingerprint density at radius 1 is 1.14 bits per heavy atom. The van der Waals surface area contributed by atoms with Gasteiger partial charge in [0.05, 0.1) is 16.8 Å². The molecule has 1 amide bonds. The number of carbonyl (C=O) groups excluding carboxylic acids is 1. The highest BCUT2D eigenvalue weighted by molar-refractivity contribution is 8.00. The van der Waals surface area contributed by atoms with E-state index in [1.54, 1.807) is 43.3 Å². The zero-order chi connectivity index (χ0) is 21.4. The molecule has 6 nitrogen and oxygen atoms in total. The summed E-state index contributed by atoms with van der Waals surface area (Å²) in [5.74, 6) is -0.203. The van der Waals surface area contributed by atoms with Crippen molar-refractivity contribution in [3.05, 3.63) is 69.8 Å². The Labute approximate surface area is 169 Å². The molecule has 0 fully saturated rings. The summed E-state index contributed by atoms with van der Waals surface area (Å²) < 4.78 is 40.8. The van der Waals surface area contributed by atoms with Gasteiger partial charge in [-0.15, -0.1) is 11.8 Å². The van der Waals surface area contributed by atoms with Gasteiger partial charge in [-0.05, 0) is 30.2 Å². The second-order valence-corrected chi connectivity index (χ2v) is 7.57. The molecule has 0 radical (unpaired) electrons. The van der Waals surface area contributed by atoms with Gasteiger partial charge in [0, 0.05) is 23.6 Å². The molecule has 2 aromatic carbocycles. The van der Waals surface area contributed by atoms with Crippen LogP contribution in [0.25, 0.3) is 0 Å². The number of nitrogens with one attached hydrogen (secondary N) is 1. The standard InChI is InChI=1S/C19H19F3N2O4S/c1-13(29-17-8-6-16(7-9-17)24(26)27)18(25)23-10-14-2-4-15(5-3-14)11-28-12-19(20,21)22/h2-9,13H,10-12H2,1H3,(H,23,25). The van der Waals surface area contributed by atoms with Crippen molar-refractivity contribution in [1.82, 2.24) is 5.32 Å². The van der Waals surface area contributed by atoms with E-state index in [1.807, 2.05) is 0 Å². The third kappa shape index (κ3) is 8.12. The monoisotopic (exact) mass is 428 g/mol. The number of thioether (sulfide) groups is 1. The molecule has 1 atom stereocenters. The molecule has 1 unspecified atom stereocenters. The number of alkyl halides is 3. The van der Waals surface area contributed by atoms with Crippen LogP contribution in [0.1, 0.15) is 18.1 Å². The minimum Gasteiger partial charge on any atom is -0.367 e. The number of non-ortho nitro benzene ring substituents is 1. The predicted octanol–water partition coefficient (Wildman–Crippen LogP) is 4.47. The molecule has 0 bridgehead atoms. The van der Waals surface area contributed by atoms with E-state index in [0.717, 1.165) is 10.5 Å². The number of carbonyl (C=O) groups is 1. The summed E-state index contributed by atoms with van der Waals surface area (Å²) in [6.07, 6.45) is -4.35. The van der Waals surface area contributed by atoms with E-state index in [-0.39, 0.29) is 24.7 Å². The number of nitrogens with zero attached hydrogens (tertiary/aromatic N) is 1. The van der Waals surface area contributed by atoms with Gasteiger partial charge in [-0.3, -0.25) is 14.9 Å². The fourth-order valence-electron chi connectivity index (χ4n) is 2.27. The minimum absolute atomic E-state index is 0.0151. The van der Waals surface area contributed by atoms with E-state index in [4.69, 9.17) is 0 Å². The Morgan fingerprint density at radius 2 is 1.72 bits per heavy atom. The first-order valence-corrected chi connectivity index (χ1v) is 9.43. The van der Waals surface area contributed by atoms with Crippen molar-refractivity contribution in [2.45, 2.75) is 36.4 Å². The Bertz CT molecular complexity index is 827. The minimum atomic E-state index is -4.35. The van der Waals surface area contributed by atoms with Crippen molar-refractivity contribution < 1.29 is 27.6 Å². The van der Waals surface area contributed by atoms with Gasteiger partial charge in [-0.2, -0.15) is 13.2 Å². The number of hydrogen-bond donors (Lipinski definition) is 1. The lowest BCUT2D eigenvalue weighted by atomic mass is 10.1. The lowest BCUT2D eigenvalue weighted by Crippen LogP contribution is -2.30. The summed E-state index contributed by atoms with van der Waals surface area (Å²) in [5, 5.41) is 13.0. The summed E-state index contributed by atoms with van der Waals surface area (Å²) in [6.45, 7) is 0.556. The van der Waals surface area contributed by atoms with Crippen LogP contribution < -0.4 is 5.32 Å². The largest absolute Gasteiger partial charge is 0.411 e. The maximum absolute atomic E-state index is 12.2. The topological polar surface area (TPSA) is 81.5 Å². The Morgan fingerprint density at radius 3 is 2.28 bits per heavy atom. The Kier molecular flexibility index (Phi) is 8.03. The fraction of sp³-hybridized carbons (Fsp3) is 0.316. The summed E-state index contributed by atoms with van der Waals surface area (Å²) in [4.78, 5) is 23.1. The van der Waals surface area contributed by atoms with Crippen molar-refractivity contribution in [2.24, 2.45) is 0 Å². The molecule has 0 saturated carbocycles. The van der Waals surface area contributed by atoms with Crippen LogP contribution in [-0.2, 0) is 22.7 Å². The zero-order valence-corrected chi connectivity index (χ0v) is 16.3. The molecule has 0 aromatic heterocycles. The number of rotatable bonds is 9. The molecule has 0 aliphatic heterocycles. The summed E-state index contributed by atoms with van der Waals surface area (Å²) in [7, 11) is 0. The lowest BCUT2D eigenvalue weighted by Gasteiger charge is -2.12. The van der Waals surface area contributed by atoms with Crippen LogP contribution in [0.3, 0.4) is 0 Å². The molecular formula is C19H19F3N2O4S. The molecule has 29 heavy (non-hydrogen) atoms. The SMILES string of the molecule is CC(Sc1ccc([N+](=O)[O-])cc1)C(=O)NCc1ccc(COCC(F)(F)F)cc1. The maximum Gasteiger partial charge on any atom is 0.411 e. The molecule has 2 rings (SSSR count). The summed E-state index contributed by atoms with van der Waals surface area (Å²) in [5.41, 5.74) is 1.38. The molecule has 1 N–H and O–H groups in total. The van der Waals surface area contributed by atoms with Crippen molar-refractivity contribution in [3.63, 3.8) is 0 Å². The molecule has 0 aliphatic rings.